The Morgan fingerprint density at radius 2 is 1.73 bits per heavy atom. The van der Waals surface area contributed by atoms with E-state index in [1.807, 2.05) is 0 Å². The summed E-state index contributed by atoms with van der Waals surface area (Å²) in [6.45, 7) is 4.62. The number of hydrogen-bond donors (Lipinski definition) is 0. The molecule has 1 aliphatic rings. The van der Waals surface area contributed by atoms with E-state index in [-0.39, 0.29) is 0 Å². The molecule has 0 aromatic heterocycles. The molecule has 1 aliphatic carbocycles. The predicted molar refractivity (Wildman–Crippen MR) is 51.4 cm³/mol. The van der Waals surface area contributed by atoms with Crippen molar-refractivity contribution in [1.82, 2.24) is 0 Å². The highest BCUT2D eigenvalue weighted by Gasteiger charge is 2.39. The molecule has 1 rings (SSSR count). The van der Waals surface area contributed by atoms with Crippen LogP contribution in [0.2, 0.25) is 0 Å². The van der Waals surface area contributed by atoms with Gasteiger partial charge in [0.1, 0.15) is 0 Å². The molecular weight excluding hydrogens is 179 g/mol. The van der Waals surface area contributed by atoms with Crippen molar-refractivity contribution in [3.63, 3.8) is 0 Å². The molecule has 0 spiro atoms. The second-order valence-electron chi connectivity index (χ2n) is 4.40. The van der Waals surface area contributed by atoms with Crippen LogP contribution in [0.1, 0.15) is 26.7 Å². The molecule has 0 atom stereocenters. The summed E-state index contributed by atoms with van der Waals surface area (Å²) in [7, 11) is 0. The van der Waals surface area contributed by atoms with E-state index >= 15 is 0 Å². The molecule has 11 heavy (non-hydrogen) atoms. The van der Waals surface area contributed by atoms with Crippen molar-refractivity contribution < 1.29 is 0 Å². The third-order valence-electron chi connectivity index (χ3n) is 2.69. The summed E-state index contributed by atoms with van der Waals surface area (Å²) < 4.78 is 0. The molecule has 0 aromatic carbocycles. The van der Waals surface area contributed by atoms with E-state index in [9.17, 15) is 0 Å². The lowest BCUT2D eigenvalue weighted by Crippen LogP contribution is -2.37. The van der Waals surface area contributed by atoms with Gasteiger partial charge in [-0.05, 0) is 30.1 Å². The summed E-state index contributed by atoms with van der Waals surface area (Å²) in [6.07, 6.45) is 2.61. The van der Waals surface area contributed by atoms with Gasteiger partial charge in [-0.15, -0.1) is 23.2 Å². The standard InChI is InChI=1S/C9H16Cl2/c1-9(2)3-7(4-9)8(5-10)6-11/h7-8H,3-6H2,1-2H3. The van der Waals surface area contributed by atoms with Gasteiger partial charge >= 0.3 is 0 Å². The maximum Gasteiger partial charge on any atom is 0.0265 e. The molecule has 0 heterocycles. The second-order valence-corrected chi connectivity index (χ2v) is 5.02. The first-order chi connectivity index (χ1) is 5.09. The van der Waals surface area contributed by atoms with E-state index in [1.54, 1.807) is 0 Å². The SMILES string of the molecule is CC1(C)CC(C(CCl)CCl)C1. The average molecular weight is 195 g/mol. The summed E-state index contributed by atoms with van der Waals surface area (Å²) in [6, 6.07) is 0. The predicted octanol–water partition coefficient (Wildman–Crippen LogP) is 3.52. The van der Waals surface area contributed by atoms with Crippen LogP contribution >= 0.6 is 23.2 Å². The lowest BCUT2D eigenvalue weighted by molar-refractivity contribution is 0.0637. The Hall–Kier alpha value is 0.580. The molecule has 0 nitrogen and oxygen atoms in total. The average Bonchev–Trinajstić information content (AvgIpc) is 1.86. The Labute approximate surface area is 79.3 Å². The minimum absolute atomic E-state index is 0.548. The van der Waals surface area contributed by atoms with Crippen LogP contribution in [-0.4, -0.2) is 11.8 Å². The van der Waals surface area contributed by atoms with Crippen molar-refractivity contribution in [2.24, 2.45) is 17.3 Å². The summed E-state index contributed by atoms with van der Waals surface area (Å²) in [5, 5.41) is 0. The van der Waals surface area contributed by atoms with Crippen LogP contribution < -0.4 is 0 Å². The van der Waals surface area contributed by atoms with E-state index in [2.05, 4.69) is 13.8 Å². The molecule has 0 N–H and O–H groups in total. The van der Waals surface area contributed by atoms with Gasteiger partial charge in [-0.25, -0.2) is 0 Å². The molecule has 1 saturated carbocycles. The van der Waals surface area contributed by atoms with E-state index in [4.69, 9.17) is 23.2 Å². The Kier molecular flexibility index (Phi) is 3.10. The quantitative estimate of drug-likeness (QED) is 0.604. The Morgan fingerprint density at radius 1 is 1.27 bits per heavy atom. The highest BCUT2D eigenvalue weighted by Crippen LogP contribution is 2.48. The lowest BCUT2D eigenvalue weighted by Gasteiger charge is -2.45. The van der Waals surface area contributed by atoms with Gasteiger partial charge in [-0.2, -0.15) is 0 Å². The smallest absolute Gasteiger partial charge is 0.0265 e. The minimum Gasteiger partial charge on any atom is -0.126 e. The summed E-state index contributed by atoms with van der Waals surface area (Å²) in [5.41, 5.74) is 0.557. The van der Waals surface area contributed by atoms with Crippen molar-refractivity contribution in [2.75, 3.05) is 11.8 Å². The topological polar surface area (TPSA) is 0 Å². The van der Waals surface area contributed by atoms with Crippen molar-refractivity contribution in [1.29, 1.82) is 0 Å². The molecule has 0 unspecified atom stereocenters. The third kappa shape index (κ3) is 2.26. The number of alkyl halides is 2. The highest BCUT2D eigenvalue weighted by molar-refractivity contribution is 6.20. The molecule has 0 radical (unpaired) electrons. The number of halogens is 2. The zero-order valence-corrected chi connectivity index (χ0v) is 8.75. The van der Waals surface area contributed by atoms with Crippen LogP contribution in [0.5, 0.6) is 0 Å². The van der Waals surface area contributed by atoms with Crippen LogP contribution in [0, 0.1) is 17.3 Å². The van der Waals surface area contributed by atoms with Gasteiger partial charge in [-0.1, -0.05) is 13.8 Å². The molecule has 0 aromatic rings. The van der Waals surface area contributed by atoms with Crippen molar-refractivity contribution in [2.45, 2.75) is 26.7 Å². The molecule has 0 amide bonds. The van der Waals surface area contributed by atoms with Crippen LogP contribution in [0.4, 0.5) is 0 Å². The normalized spacial score (nSPS) is 23.7. The molecule has 66 valence electrons. The molecule has 0 saturated heterocycles. The number of hydrogen-bond acceptors (Lipinski definition) is 0. The van der Waals surface area contributed by atoms with Crippen molar-refractivity contribution in [3.05, 3.63) is 0 Å². The van der Waals surface area contributed by atoms with Crippen LogP contribution in [-0.2, 0) is 0 Å². The third-order valence-corrected chi connectivity index (χ3v) is 3.49. The Bertz CT molecular complexity index is 120. The van der Waals surface area contributed by atoms with E-state index < -0.39 is 0 Å². The second kappa shape index (κ2) is 3.53. The monoisotopic (exact) mass is 194 g/mol. The van der Waals surface area contributed by atoms with Gasteiger partial charge in [-0.3, -0.25) is 0 Å². The van der Waals surface area contributed by atoms with Crippen molar-refractivity contribution in [3.8, 4) is 0 Å². The zero-order valence-electron chi connectivity index (χ0n) is 7.24. The van der Waals surface area contributed by atoms with E-state index in [0.717, 1.165) is 17.7 Å². The van der Waals surface area contributed by atoms with Crippen LogP contribution in [0.15, 0.2) is 0 Å². The first-order valence-corrected chi connectivity index (χ1v) is 5.28. The molecule has 0 aliphatic heterocycles. The molecule has 0 bridgehead atoms. The Balaban J connectivity index is 2.30. The fourth-order valence-electron chi connectivity index (χ4n) is 1.99. The molecular formula is C9H16Cl2. The van der Waals surface area contributed by atoms with Gasteiger partial charge in [0, 0.05) is 11.8 Å². The van der Waals surface area contributed by atoms with Gasteiger partial charge in [0.05, 0.1) is 0 Å². The van der Waals surface area contributed by atoms with E-state index in [0.29, 0.717) is 11.3 Å². The van der Waals surface area contributed by atoms with Crippen LogP contribution in [0.25, 0.3) is 0 Å². The fraction of sp³-hybridized carbons (Fsp3) is 1.00. The van der Waals surface area contributed by atoms with Crippen LogP contribution in [0.3, 0.4) is 0 Å². The summed E-state index contributed by atoms with van der Waals surface area (Å²) in [5.74, 6) is 2.79. The number of rotatable bonds is 3. The lowest BCUT2D eigenvalue weighted by atomic mass is 9.61. The minimum atomic E-state index is 0.548. The van der Waals surface area contributed by atoms with Gasteiger partial charge in [0.25, 0.3) is 0 Å². The maximum atomic E-state index is 5.78. The fourth-order valence-corrected chi connectivity index (χ4v) is 2.82. The first kappa shape index (κ1) is 9.67. The zero-order chi connectivity index (χ0) is 8.48. The van der Waals surface area contributed by atoms with Gasteiger partial charge in [0.2, 0.25) is 0 Å². The molecule has 1 fully saturated rings. The van der Waals surface area contributed by atoms with Crippen molar-refractivity contribution >= 4 is 23.2 Å². The summed E-state index contributed by atoms with van der Waals surface area (Å²) in [4.78, 5) is 0. The van der Waals surface area contributed by atoms with E-state index in [1.165, 1.54) is 12.8 Å². The maximum absolute atomic E-state index is 5.78. The largest absolute Gasteiger partial charge is 0.126 e. The Morgan fingerprint density at radius 3 is 2.00 bits per heavy atom. The molecule has 2 heteroatoms. The first-order valence-electron chi connectivity index (χ1n) is 4.21. The van der Waals surface area contributed by atoms with Gasteiger partial charge < -0.3 is 0 Å². The highest BCUT2D eigenvalue weighted by atomic mass is 35.5. The van der Waals surface area contributed by atoms with Gasteiger partial charge in [0.15, 0.2) is 0 Å². The summed E-state index contributed by atoms with van der Waals surface area (Å²) >= 11 is 11.6.